The van der Waals surface area contributed by atoms with E-state index in [0.717, 1.165) is 13.0 Å². The number of piperidine rings is 1. The number of hydrogen-bond donors (Lipinski definition) is 1. The molecule has 0 spiro atoms. The van der Waals surface area contributed by atoms with Gasteiger partial charge in [-0.15, -0.1) is 0 Å². The second kappa shape index (κ2) is 5.47. The second-order valence-corrected chi connectivity index (χ2v) is 4.24. The summed E-state index contributed by atoms with van der Waals surface area (Å²) in [4.78, 5) is 13.7. The highest BCUT2D eigenvalue weighted by Gasteiger charge is 2.34. The van der Waals surface area contributed by atoms with Crippen LogP contribution in [0.4, 0.5) is 0 Å². The van der Waals surface area contributed by atoms with E-state index < -0.39 is 6.10 Å². The lowest BCUT2D eigenvalue weighted by Gasteiger charge is -2.37. The maximum absolute atomic E-state index is 11.4. The predicted molar refractivity (Wildman–Crippen MR) is 57.5 cm³/mol. The zero-order valence-electron chi connectivity index (χ0n) is 9.77. The molecule has 1 saturated heterocycles. The van der Waals surface area contributed by atoms with Gasteiger partial charge in [-0.3, -0.25) is 9.69 Å². The first-order chi connectivity index (χ1) is 7.10. The summed E-state index contributed by atoms with van der Waals surface area (Å²) < 4.78 is 4.70. The van der Waals surface area contributed by atoms with Gasteiger partial charge in [-0.25, -0.2) is 0 Å². The maximum atomic E-state index is 11.4. The van der Waals surface area contributed by atoms with E-state index in [9.17, 15) is 9.90 Å². The van der Waals surface area contributed by atoms with Crippen molar-refractivity contribution in [3.05, 3.63) is 0 Å². The van der Waals surface area contributed by atoms with Crippen LogP contribution in [-0.4, -0.2) is 48.3 Å². The molecule has 0 amide bonds. The van der Waals surface area contributed by atoms with Crippen LogP contribution in [0.25, 0.3) is 0 Å². The van der Waals surface area contributed by atoms with Gasteiger partial charge in [0.1, 0.15) is 0 Å². The van der Waals surface area contributed by atoms with Crippen molar-refractivity contribution in [1.82, 2.24) is 4.90 Å². The summed E-state index contributed by atoms with van der Waals surface area (Å²) in [5.41, 5.74) is 0. The fraction of sp³-hybridized carbons (Fsp3) is 0.909. The van der Waals surface area contributed by atoms with Crippen LogP contribution in [0.2, 0.25) is 0 Å². The molecule has 0 aromatic rings. The van der Waals surface area contributed by atoms with Crippen LogP contribution in [-0.2, 0) is 9.53 Å². The number of nitrogens with zero attached hydrogens (tertiary/aromatic N) is 1. The summed E-state index contributed by atoms with van der Waals surface area (Å²) in [5, 5.41) is 9.72. The van der Waals surface area contributed by atoms with Gasteiger partial charge in [-0.05, 0) is 19.8 Å². The Morgan fingerprint density at radius 1 is 1.67 bits per heavy atom. The maximum Gasteiger partial charge on any atom is 0.312 e. The summed E-state index contributed by atoms with van der Waals surface area (Å²) in [6.07, 6.45) is 1.17. The fourth-order valence-corrected chi connectivity index (χ4v) is 2.01. The van der Waals surface area contributed by atoms with Crippen LogP contribution in [0.5, 0.6) is 0 Å². The first-order valence-electron chi connectivity index (χ1n) is 5.60. The van der Waals surface area contributed by atoms with Gasteiger partial charge in [0.25, 0.3) is 0 Å². The average Bonchev–Trinajstić information content (AvgIpc) is 2.27. The minimum absolute atomic E-state index is 0.296. The number of methoxy groups -OCH3 is 1. The number of likely N-dealkylation sites (tertiary alicyclic amines) is 1. The van der Waals surface area contributed by atoms with Crippen molar-refractivity contribution in [2.75, 3.05) is 20.2 Å². The van der Waals surface area contributed by atoms with Gasteiger partial charge in [0.15, 0.2) is 0 Å². The summed E-state index contributed by atoms with van der Waals surface area (Å²) in [7, 11) is 1.37. The molecule has 0 aliphatic carbocycles. The molecule has 1 heterocycles. The Balaban J connectivity index is 2.59. The lowest BCUT2D eigenvalue weighted by atomic mass is 9.93. The third-order valence-corrected chi connectivity index (χ3v) is 3.33. The van der Waals surface area contributed by atoms with Gasteiger partial charge < -0.3 is 9.84 Å². The Labute approximate surface area is 91.2 Å². The van der Waals surface area contributed by atoms with Gasteiger partial charge in [0.2, 0.25) is 0 Å². The summed E-state index contributed by atoms with van der Waals surface area (Å²) in [6.45, 7) is 5.75. The lowest BCUT2D eigenvalue weighted by Crippen LogP contribution is -2.49. The molecule has 4 heteroatoms. The smallest absolute Gasteiger partial charge is 0.312 e. The molecular weight excluding hydrogens is 194 g/mol. The molecule has 0 saturated carbocycles. The van der Waals surface area contributed by atoms with E-state index in [4.69, 9.17) is 4.74 Å². The van der Waals surface area contributed by atoms with E-state index >= 15 is 0 Å². The van der Waals surface area contributed by atoms with Crippen molar-refractivity contribution in [2.24, 2.45) is 5.92 Å². The van der Waals surface area contributed by atoms with Crippen LogP contribution >= 0.6 is 0 Å². The molecule has 1 aliphatic rings. The molecule has 1 N–H and O–H groups in total. The van der Waals surface area contributed by atoms with Crippen molar-refractivity contribution in [3.8, 4) is 0 Å². The topological polar surface area (TPSA) is 49.8 Å². The standard InChI is InChI=1S/C11H21NO3/c1-4-8(2)12-6-5-10(13)9(7-12)11(14)15-3/h8-10,13H,4-7H2,1-3H3/t8-,9-,10+/m0/s1. The van der Waals surface area contributed by atoms with Crippen molar-refractivity contribution in [2.45, 2.75) is 38.8 Å². The minimum Gasteiger partial charge on any atom is -0.469 e. The number of aliphatic hydroxyl groups is 1. The Kier molecular flexibility index (Phi) is 4.54. The predicted octanol–water partition coefficient (Wildman–Crippen LogP) is 0.641. The normalized spacial score (nSPS) is 29.9. The van der Waals surface area contributed by atoms with Crippen molar-refractivity contribution >= 4 is 5.97 Å². The summed E-state index contributed by atoms with van der Waals surface area (Å²) >= 11 is 0. The number of carbonyl (C=O) groups excluding carboxylic acids is 1. The Morgan fingerprint density at radius 2 is 2.33 bits per heavy atom. The van der Waals surface area contributed by atoms with Crippen LogP contribution in [0.15, 0.2) is 0 Å². The van der Waals surface area contributed by atoms with Crippen LogP contribution in [0.3, 0.4) is 0 Å². The average molecular weight is 215 g/mol. The zero-order chi connectivity index (χ0) is 11.4. The number of esters is 1. The Hall–Kier alpha value is -0.610. The molecule has 1 rings (SSSR count). The number of rotatable bonds is 3. The van der Waals surface area contributed by atoms with Gasteiger partial charge in [0.05, 0.1) is 19.1 Å². The van der Waals surface area contributed by atoms with Crippen molar-refractivity contribution in [3.63, 3.8) is 0 Å². The molecule has 0 aromatic heterocycles. The second-order valence-electron chi connectivity index (χ2n) is 4.24. The highest BCUT2D eigenvalue weighted by atomic mass is 16.5. The summed E-state index contributed by atoms with van der Waals surface area (Å²) in [6, 6.07) is 0.463. The molecule has 0 unspecified atom stereocenters. The molecule has 4 nitrogen and oxygen atoms in total. The quantitative estimate of drug-likeness (QED) is 0.702. The molecule has 1 fully saturated rings. The molecule has 0 aromatic carbocycles. The molecular formula is C11H21NO3. The third-order valence-electron chi connectivity index (χ3n) is 3.33. The molecule has 0 radical (unpaired) electrons. The molecule has 0 bridgehead atoms. The largest absolute Gasteiger partial charge is 0.469 e. The van der Waals surface area contributed by atoms with E-state index in [1.165, 1.54) is 7.11 Å². The van der Waals surface area contributed by atoms with Crippen molar-refractivity contribution < 1.29 is 14.6 Å². The van der Waals surface area contributed by atoms with E-state index in [1.54, 1.807) is 0 Å². The van der Waals surface area contributed by atoms with Gasteiger partial charge in [-0.2, -0.15) is 0 Å². The summed E-state index contributed by atoms with van der Waals surface area (Å²) in [5.74, 6) is -0.673. The fourth-order valence-electron chi connectivity index (χ4n) is 2.01. The number of carbonyl (C=O) groups is 1. The zero-order valence-corrected chi connectivity index (χ0v) is 9.77. The third kappa shape index (κ3) is 2.92. The first kappa shape index (κ1) is 12.5. The number of aliphatic hydroxyl groups excluding tert-OH is 1. The van der Waals surface area contributed by atoms with Crippen molar-refractivity contribution in [1.29, 1.82) is 0 Å². The molecule has 15 heavy (non-hydrogen) atoms. The van der Waals surface area contributed by atoms with Crippen LogP contribution < -0.4 is 0 Å². The van der Waals surface area contributed by atoms with E-state index in [1.807, 2.05) is 0 Å². The van der Waals surface area contributed by atoms with E-state index in [0.29, 0.717) is 19.0 Å². The molecule has 88 valence electrons. The number of ether oxygens (including phenoxy) is 1. The highest BCUT2D eigenvalue weighted by molar-refractivity contribution is 5.73. The lowest BCUT2D eigenvalue weighted by molar-refractivity contribution is -0.153. The molecule has 1 aliphatic heterocycles. The number of hydrogen-bond acceptors (Lipinski definition) is 4. The van der Waals surface area contributed by atoms with E-state index in [2.05, 4.69) is 18.7 Å². The Bertz CT molecular complexity index is 220. The van der Waals surface area contributed by atoms with E-state index in [-0.39, 0.29) is 11.9 Å². The minimum atomic E-state index is -0.544. The van der Waals surface area contributed by atoms with Crippen LogP contribution in [0, 0.1) is 5.92 Å². The van der Waals surface area contributed by atoms with Crippen LogP contribution in [0.1, 0.15) is 26.7 Å². The Morgan fingerprint density at radius 3 is 2.87 bits per heavy atom. The first-order valence-corrected chi connectivity index (χ1v) is 5.60. The van der Waals surface area contributed by atoms with Gasteiger partial charge in [0, 0.05) is 19.1 Å². The molecule has 3 atom stereocenters. The van der Waals surface area contributed by atoms with Gasteiger partial charge in [-0.1, -0.05) is 6.92 Å². The monoisotopic (exact) mass is 215 g/mol. The SMILES string of the molecule is CC[C@H](C)N1CC[C@@H](O)[C@@H](C(=O)OC)C1. The van der Waals surface area contributed by atoms with Gasteiger partial charge >= 0.3 is 5.97 Å². The highest BCUT2D eigenvalue weighted by Crippen LogP contribution is 2.21.